The van der Waals surface area contributed by atoms with Crippen molar-refractivity contribution >= 4 is 0 Å². The minimum absolute atomic E-state index is 0.381. The molecule has 2 rings (SSSR count). The molecule has 2 nitrogen and oxygen atoms in total. The minimum atomic E-state index is 0.381. The van der Waals surface area contributed by atoms with E-state index in [1.54, 1.807) is 7.11 Å². The highest BCUT2D eigenvalue weighted by atomic mass is 16.5. The van der Waals surface area contributed by atoms with E-state index in [9.17, 15) is 0 Å². The van der Waals surface area contributed by atoms with Gasteiger partial charge in [0, 0.05) is 5.92 Å². The van der Waals surface area contributed by atoms with Gasteiger partial charge in [-0.15, -0.1) is 0 Å². The van der Waals surface area contributed by atoms with E-state index < -0.39 is 0 Å². The predicted molar refractivity (Wildman–Crippen MR) is 87.3 cm³/mol. The van der Waals surface area contributed by atoms with E-state index in [-0.39, 0.29) is 0 Å². The topological polar surface area (TPSA) is 18.5 Å². The molecule has 0 spiro atoms. The second-order valence-electron chi connectivity index (χ2n) is 5.50. The first kappa shape index (κ1) is 15.4. The predicted octanol–water partition coefficient (Wildman–Crippen LogP) is 4.88. The highest BCUT2D eigenvalue weighted by molar-refractivity contribution is 5.38. The Balaban J connectivity index is 2.29. The van der Waals surface area contributed by atoms with Crippen molar-refractivity contribution in [3.63, 3.8) is 0 Å². The van der Waals surface area contributed by atoms with E-state index in [1.807, 2.05) is 19.1 Å². The molecule has 2 aromatic carbocycles. The maximum Gasteiger partial charge on any atom is 0.119 e. The van der Waals surface area contributed by atoms with Gasteiger partial charge in [-0.05, 0) is 48.2 Å². The number of hydrogen-bond donors (Lipinski definition) is 0. The number of rotatable bonds is 6. The van der Waals surface area contributed by atoms with Gasteiger partial charge in [0.25, 0.3) is 0 Å². The monoisotopic (exact) mass is 284 g/mol. The van der Waals surface area contributed by atoms with Crippen LogP contribution in [0.1, 0.15) is 37.8 Å². The fraction of sp³-hybridized carbons (Fsp3) is 0.368. The van der Waals surface area contributed by atoms with Crippen molar-refractivity contribution in [3.05, 3.63) is 59.7 Å². The maximum atomic E-state index is 5.52. The molecule has 0 aliphatic carbocycles. The molecule has 0 saturated heterocycles. The number of hydrogen-bond acceptors (Lipinski definition) is 2. The Labute approximate surface area is 127 Å². The Morgan fingerprint density at radius 2 is 1.29 bits per heavy atom. The molecule has 0 N–H and O–H groups in total. The van der Waals surface area contributed by atoms with Gasteiger partial charge in [-0.3, -0.25) is 0 Å². The van der Waals surface area contributed by atoms with Crippen molar-refractivity contribution in [2.24, 2.45) is 5.92 Å². The van der Waals surface area contributed by atoms with Crippen LogP contribution >= 0.6 is 0 Å². The Morgan fingerprint density at radius 3 is 1.67 bits per heavy atom. The Hall–Kier alpha value is -1.96. The number of ether oxygens (including phenoxy) is 2. The zero-order valence-corrected chi connectivity index (χ0v) is 13.3. The Kier molecular flexibility index (Phi) is 5.26. The first-order valence-corrected chi connectivity index (χ1v) is 7.52. The van der Waals surface area contributed by atoms with E-state index in [1.165, 1.54) is 11.1 Å². The van der Waals surface area contributed by atoms with Crippen LogP contribution in [0, 0.1) is 5.92 Å². The van der Waals surface area contributed by atoms with E-state index in [0.29, 0.717) is 18.4 Å². The van der Waals surface area contributed by atoms with Crippen LogP contribution in [-0.2, 0) is 0 Å². The van der Waals surface area contributed by atoms with Gasteiger partial charge < -0.3 is 9.47 Å². The summed E-state index contributed by atoms with van der Waals surface area (Å²) in [4.78, 5) is 0. The fourth-order valence-electron chi connectivity index (χ4n) is 2.71. The van der Waals surface area contributed by atoms with E-state index >= 15 is 0 Å². The van der Waals surface area contributed by atoms with Crippen molar-refractivity contribution in [1.29, 1.82) is 0 Å². The standard InChI is InChI=1S/C19H24O2/c1-5-21-18-12-8-16(9-13-18)19(14(2)3)15-6-10-17(20-4)11-7-15/h6-14,19H,5H2,1-4H3. The summed E-state index contributed by atoms with van der Waals surface area (Å²) in [7, 11) is 1.70. The van der Waals surface area contributed by atoms with E-state index in [0.717, 1.165) is 11.5 Å². The van der Waals surface area contributed by atoms with Crippen molar-refractivity contribution in [2.45, 2.75) is 26.7 Å². The third-order valence-corrected chi connectivity index (χ3v) is 3.69. The van der Waals surface area contributed by atoms with Crippen LogP contribution in [0.5, 0.6) is 11.5 Å². The van der Waals surface area contributed by atoms with Crippen molar-refractivity contribution in [2.75, 3.05) is 13.7 Å². The van der Waals surface area contributed by atoms with E-state index in [4.69, 9.17) is 9.47 Å². The van der Waals surface area contributed by atoms with Crippen molar-refractivity contribution < 1.29 is 9.47 Å². The molecule has 0 aromatic heterocycles. The SMILES string of the molecule is CCOc1ccc(C(c2ccc(OC)cc2)C(C)C)cc1. The lowest BCUT2D eigenvalue weighted by Crippen LogP contribution is -2.08. The quantitative estimate of drug-likeness (QED) is 0.752. The average Bonchev–Trinajstić information content (AvgIpc) is 2.50. The van der Waals surface area contributed by atoms with Crippen LogP contribution < -0.4 is 9.47 Å². The molecular formula is C19H24O2. The van der Waals surface area contributed by atoms with Gasteiger partial charge in [0.05, 0.1) is 13.7 Å². The minimum Gasteiger partial charge on any atom is -0.497 e. The van der Waals surface area contributed by atoms with Crippen molar-refractivity contribution in [1.82, 2.24) is 0 Å². The smallest absolute Gasteiger partial charge is 0.119 e. The summed E-state index contributed by atoms with van der Waals surface area (Å²) in [5, 5.41) is 0. The summed E-state index contributed by atoms with van der Waals surface area (Å²) >= 11 is 0. The molecule has 0 radical (unpaired) electrons. The first-order chi connectivity index (χ1) is 10.2. The average molecular weight is 284 g/mol. The normalized spacial score (nSPS) is 12.2. The number of methoxy groups -OCH3 is 1. The molecule has 0 amide bonds. The molecule has 1 atom stereocenters. The lowest BCUT2D eigenvalue weighted by molar-refractivity contribution is 0.340. The summed E-state index contributed by atoms with van der Waals surface area (Å²) in [6.45, 7) is 7.21. The number of benzene rings is 2. The van der Waals surface area contributed by atoms with Crippen LogP contribution in [-0.4, -0.2) is 13.7 Å². The van der Waals surface area contributed by atoms with Crippen LogP contribution in [0.25, 0.3) is 0 Å². The maximum absolute atomic E-state index is 5.52. The van der Waals surface area contributed by atoms with Crippen LogP contribution in [0.2, 0.25) is 0 Å². The van der Waals surface area contributed by atoms with Gasteiger partial charge in [-0.2, -0.15) is 0 Å². The summed E-state index contributed by atoms with van der Waals surface area (Å²) in [5.74, 6) is 2.73. The molecule has 2 heteroatoms. The molecule has 0 saturated carbocycles. The molecule has 0 fully saturated rings. The third-order valence-electron chi connectivity index (χ3n) is 3.69. The second kappa shape index (κ2) is 7.16. The lowest BCUT2D eigenvalue weighted by Gasteiger charge is -2.22. The zero-order chi connectivity index (χ0) is 15.2. The van der Waals surface area contributed by atoms with Crippen LogP contribution in [0.4, 0.5) is 0 Å². The summed E-state index contributed by atoms with van der Waals surface area (Å²) < 4.78 is 10.8. The Morgan fingerprint density at radius 1 is 0.810 bits per heavy atom. The van der Waals surface area contributed by atoms with E-state index in [2.05, 4.69) is 50.2 Å². The van der Waals surface area contributed by atoms with Gasteiger partial charge in [-0.1, -0.05) is 38.1 Å². The van der Waals surface area contributed by atoms with Crippen molar-refractivity contribution in [3.8, 4) is 11.5 Å². The summed E-state index contributed by atoms with van der Waals surface area (Å²) in [6, 6.07) is 16.8. The highest BCUT2D eigenvalue weighted by Gasteiger charge is 2.18. The first-order valence-electron chi connectivity index (χ1n) is 7.52. The molecule has 112 valence electrons. The Bertz CT molecular complexity index is 541. The van der Waals surface area contributed by atoms with Gasteiger partial charge in [-0.25, -0.2) is 0 Å². The molecule has 0 bridgehead atoms. The largest absolute Gasteiger partial charge is 0.497 e. The molecular weight excluding hydrogens is 260 g/mol. The van der Waals surface area contributed by atoms with Gasteiger partial charge in [0.2, 0.25) is 0 Å². The van der Waals surface area contributed by atoms with Crippen LogP contribution in [0.15, 0.2) is 48.5 Å². The lowest BCUT2D eigenvalue weighted by atomic mass is 9.82. The molecule has 2 aromatic rings. The van der Waals surface area contributed by atoms with Gasteiger partial charge >= 0.3 is 0 Å². The second-order valence-corrected chi connectivity index (χ2v) is 5.50. The van der Waals surface area contributed by atoms with Crippen LogP contribution in [0.3, 0.4) is 0 Å². The molecule has 21 heavy (non-hydrogen) atoms. The summed E-state index contributed by atoms with van der Waals surface area (Å²) in [5.41, 5.74) is 2.63. The van der Waals surface area contributed by atoms with Gasteiger partial charge in [0.15, 0.2) is 0 Å². The molecule has 1 unspecified atom stereocenters. The molecule has 0 aliphatic heterocycles. The van der Waals surface area contributed by atoms with Gasteiger partial charge in [0.1, 0.15) is 11.5 Å². The summed E-state index contributed by atoms with van der Waals surface area (Å²) in [6.07, 6.45) is 0. The fourth-order valence-corrected chi connectivity index (χ4v) is 2.71. The third kappa shape index (κ3) is 3.78. The molecule has 0 heterocycles. The zero-order valence-electron chi connectivity index (χ0n) is 13.3. The molecule has 0 aliphatic rings. The highest BCUT2D eigenvalue weighted by Crippen LogP contribution is 2.33.